The summed E-state index contributed by atoms with van der Waals surface area (Å²) in [6.07, 6.45) is 5.49. The summed E-state index contributed by atoms with van der Waals surface area (Å²) in [5, 5.41) is 2.90. The fourth-order valence-corrected chi connectivity index (χ4v) is 2.92. The summed E-state index contributed by atoms with van der Waals surface area (Å²) in [6, 6.07) is 0.210. The molecule has 0 radical (unpaired) electrons. The monoisotopic (exact) mass is 277 g/mol. The van der Waals surface area contributed by atoms with Crippen LogP contribution in [0.1, 0.15) is 32.1 Å². The Morgan fingerprint density at radius 1 is 1.17 bits per heavy atom. The third-order valence-corrected chi connectivity index (χ3v) is 5.03. The molecule has 6 nitrogen and oxygen atoms in total. The van der Waals surface area contributed by atoms with Crippen LogP contribution in [-0.4, -0.2) is 56.7 Å². The molecule has 0 aromatic carbocycles. The molecular weight excluding hydrogens is 254 g/mol. The van der Waals surface area contributed by atoms with Crippen molar-refractivity contribution < 1.29 is 13.2 Å². The van der Waals surface area contributed by atoms with E-state index in [1.54, 1.807) is 0 Å². The highest BCUT2D eigenvalue weighted by Crippen LogP contribution is 2.17. The molecular formula is C11H23N3O3S. The molecule has 106 valence electrons. The molecule has 0 aromatic rings. The Bertz CT molecular complexity index is 375. The number of hydrogen-bond acceptors (Lipinski definition) is 3. The van der Waals surface area contributed by atoms with Gasteiger partial charge in [-0.2, -0.15) is 17.0 Å². The molecule has 1 saturated carbocycles. The summed E-state index contributed by atoms with van der Waals surface area (Å²) in [4.78, 5) is 11.8. The number of likely N-dealkylation sites (N-methyl/N-ethyl adjacent to an activating group) is 1. The largest absolute Gasteiger partial charge is 0.352 e. The topological polar surface area (TPSA) is 69.7 Å². The lowest BCUT2D eigenvalue weighted by Gasteiger charge is -2.25. The first kappa shape index (κ1) is 15.4. The molecule has 1 N–H and O–H groups in total. The van der Waals surface area contributed by atoms with E-state index in [2.05, 4.69) is 5.32 Å². The highest BCUT2D eigenvalue weighted by molar-refractivity contribution is 7.86. The van der Waals surface area contributed by atoms with Gasteiger partial charge in [-0.3, -0.25) is 4.79 Å². The lowest BCUT2D eigenvalue weighted by Crippen LogP contribution is -2.46. The maximum Gasteiger partial charge on any atom is 0.281 e. The number of nitrogens with one attached hydrogen (secondary N) is 1. The highest BCUT2D eigenvalue weighted by atomic mass is 32.2. The Morgan fingerprint density at radius 3 is 2.22 bits per heavy atom. The van der Waals surface area contributed by atoms with Gasteiger partial charge in [-0.15, -0.1) is 0 Å². The number of amides is 1. The summed E-state index contributed by atoms with van der Waals surface area (Å²) >= 11 is 0. The minimum atomic E-state index is -3.51. The first-order valence-corrected chi connectivity index (χ1v) is 7.67. The molecule has 0 aromatic heterocycles. The maximum atomic E-state index is 11.8. The van der Waals surface area contributed by atoms with Crippen molar-refractivity contribution in [2.45, 2.75) is 38.1 Å². The van der Waals surface area contributed by atoms with Gasteiger partial charge in [0.1, 0.15) is 0 Å². The van der Waals surface area contributed by atoms with Crippen molar-refractivity contribution in [2.24, 2.45) is 0 Å². The van der Waals surface area contributed by atoms with Gasteiger partial charge in [0.25, 0.3) is 10.2 Å². The number of carbonyl (C=O) groups excluding carboxylic acids is 1. The quantitative estimate of drug-likeness (QED) is 0.779. The van der Waals surface area contributed by atoms with E-state index in [9.17, 15) is 13.2 Å². The molecule has 1 fully saturated rings. The molecule has 0 heterocycles. The fraction of sp³-hybridized carbons (Fsp3) is 0.909. The van der Waals surface area contributed by atoms with Crippen molar-refractivity contribution in [3.8, 4) is 0 Å². The zero-order valence-corrected chi connectivity index (χ0v) is 12.2. The van der Waals surface area contributed by atoms with Gasteiger partial charge in [0.05, 0.1) is 6.54 Å². The minimum absolute atomic E-state index is 0.128. The smallest absolute Gasteiger partial charge is 0.281 e. The van der Waals surface area contributed by atoms with Gasteiger partial charge in [-0.05, 0) is 12.8 Å². The van der Waals surface area contributed by atoms with E-state index in [1.807, 2.05) is 0 Å². The van der Waals surface area contributed by atoms with Crippen molar-refractivity contribution in [3.05, 3.63) is 0 Å². The van der Waals surface area contributed by atoms with E-state index in [1.165, 1.54) is 27.6 Å². The molecule has 1 amide bonds. The van der Waals surface area contributed by atoms with Crippen molar-refractivity contribution in [1.29, 1.82) is 0 Å². The van der Waals surface area contributed by atoms with Crippen LogP contribution in [0.4, 0.5) is 0 Å². The molecule has 0 unspecified atom stereocenters. The molecule has 0 saturated heterocycles. The normalized spacial score (nSPS) is 18.3. The molecule has 18 heavy (non-hydrogen) atoms. The average Bonchev–Trinajstić information content (AvgIpc) is 2.29. The molecule has 0 aliphatic heterocycles. The predicted molar refractivity (Wildman–Crippen MR) is 70.3 cm³/mol. The Kier molecular flexibility index (Phi) is 5.55. The fourth-order valence-electron chi connectivity index (χ4n) is 2.08. The predicted octanol–water partition coefficient (Wildman–Crippen LogP) is 0.174. The zero-order valence-electron chi connectivity index (χ0n) is 11.3. The number of hydrogen-bond donors (Lipinski definition) is 1. The van der Waals surface area contributed by atoms with Gasteiger partial charge in [0.2, 0.25) is 5.91 Å². The van der Waals surface area contributed by atoms with E-state index < -0.39 is 10.2 Å². The number of rotatable bonds is 5. The average molecular weight is 277 g/mol. The summed E-state index contributed by atoms with van der Waals surface area (Å²) in [6.45, 7) is -0.128. The van der Waals surface area contributed by atoms with Crippen molar-refractivity contribution in [2.75, 3.05) is 27.7 Å². The Hall–Kier alpha value is -0.660. The van der Waals surface area contributed by atoms with E-state index in [0.29, 0.717) is 0 Å². The lowest BCUT2D eigenvalue weighted by atomic mass is 9.95. The van der Waals surface area contributed by atoms with Crippen LogP contribution < -0.4 is 5.32 Å². The zero-order chi connectivity index (χ0) is 13.8. The molecule has 1 rings (SSSR count). The summed E-state index contributed by atoms with van der Waals surface area (Å²) in [5.41, 5.74) is 0. The third kappa shape index (κ3) is 4.22. The molecule has 1 aliphatic rings. The molecule has 7 heteroatoms. The first-order chi connectivity index (χ1) is 8.34. The molecule has 0 spiro atoms. The first-order valence-electron chi connectivity index (χ1n) is 6.27. The number of carbonyl (C=O) groups is 1. The van der Waals surface area contributed by atoms with Crippen LogP contribution in [0.15, 0.2) is 0 Å². The van der Waals surface area contributed by atoms with Crippen LogP contribution in [0, 0.1) is 0 Å². The SMILES string of the molecule is CN(C)S(=O)(=O)N(C)CC(=O)NC1CCCCC1. The van der Waals surface area contributed by atoms with Crippen LogP contribution in [-0.2, 0) is 15.0 Å². The van der Waals surface area contributed by atoms with Gasteiger partial charge >= 0.3 is 0 Å². The highest BCUT2D eigenvalue weighted by Gasteiger charge is 2.24. The van der Waals surface area contributed by atoms with E-state index in [0.717, 1.165) is 34.3 Å². The van der Waals surface area contributed by atoms with Gasteiger partial charge < -0.3 is 5.32 Å². The Balaban J connectivity index is 2.44. The van der Waals surface area contributed by atoms with Crippen LogP contribution in [0.25, 0.3) is 0 Å². The number of nitrogens with zero attached hydrogens (tertiary/aromatic N) is 2. The van der Waals surface area contributed by atoms with Crippen LogP contribution >= 0.6 is 0 Å². The molecule has 0 atom stereocenters. The minimum Gasteiger partial charge on any atom is -0.352 e. The second kappa shape index (κ2) is 6.49. The van der Waals surface area contributed by atoms with E-state index in [-0.39, 0.29) is 18.5 Å². The molecule has 1 aliphatic carbocycles. The van der Waals surface area contributed by atoms with Gasteiger partial charge in [-0.25, -0.2) is 0 Å². The van der Waals surface area contributed by atoms with E-state index >= 15 is 0 Å². The van der Waals surface area contributed by atoms with Gasteiger partial charge in [0, 0.05) is 27.2 Å². The Morgan fingerprint density at radius 2 is 1.72 bits per heavy atom. The Labute approximate surface area is 110 Å². The lowest BCUT2D eigenvalue weighted by molar-refractivity contribution is -0.122. The van der Waals surface area contributed by atoms with E-state index in [4.69, 9.17) is 0 Å². The summed E-state index contributed by atoms with van der Waals surface area (Å²) in [5.74, 6) is -0.227. The van der Waals surface area contributed by atoms with Gasteiger partial charge in [-0.1, -0.05) is 19.3 Å². The van der Waals surface area contributed by atoms with Crippen molar-refractivity contribution >= 4 is 16.1 Å². The van der Waals surface area contributed by atoms with Crippen LogP contribution in [0.2, 0.25) is 0 Å². The van der Waals surface area contributed by atoms with Gasteiger partial charge in [0.15, 0.2) is 0 Å². The second-order valence-electron chi connectivity index (χ2n) is 4.95. The standard InChI is InChI=1S/C11H23N3O3S/c1-13(2)18(16,17)14(3)9-11(15)12-10-7-5-4-6-8-10/h10H,4-9H2,1-3H3,(H,12,15). The maximum absolute atomic E-state index is 11.8. The van der Waals surface area contributed by atoms with Crippen LogP contribution in [0.3, 0.4) is 0 Å². The second-order valence-corrected chi connectivity index (χ2v) is 7.20. The van der Waals surface area contributed by atoms with Crippen molar-refractivity contribution in [1.82, 2.24) is 13.9 Å². The van der Waals surface area contributed by atoms with Crippen molar-refractivity contribution in [3.63, 3.8) is 0 Å². The summed E-state index contributed by atoms with van der Waals surface area (Å²) in [7, 11) is 0.804. The third-order valence-electron chi connectivity index (χ3n) is 3.19. The summed E-state index contributed by atoms with van der Waals surface area (Å²) < 4.78 is 25.6. The van der Waals surface area contributed by atoms with Crippen LogP contribution in [0.5, 0.6) is 0 Å². The molecule has 0 bridgehead atoms.